The fourth-order valence-corrected chi connectivity index (χ4v) is 1.72. The maximum Gasteiger partial charge on any atom is 0.147 e. The van der Waals surface area contributed by atoms with Crippen molar-refractivity contribution < 1.29 is 4.39 Å². The van der Waals surface area contributed by atoms with Gasteiger partial charge >= 0.3 is 0 Å². The summed E-state index contributed by atoms with van der Waals surface area (Å²) in [5, 5.41) is 7.62. The number of hydrogen-bond donors (Lipinski definition) is 0. The van der Waals surface area contributed by atoms with E-state index in [-0.39, 0.29) is 5.82 Å². The molecule has 2 aromatic rings. The van der Waals surface area contributed by atoms with E-state index >= 15 is 0 Å². The number of alkyl halides is 1. The lowest BCUT2D eigenvalue weighted by atomic mass is 10.1. The molecule has 0 fully saturated rings. The molecule has 0 spiro atoms. The van der Waals surface area contributed by atoms with Gasteiger partial charge in [0.1, 0.15) is 18.0 Å². The van der Waals surface area contributed by atoms with Crippen molar-refractivity contribution in [1.29, 1.82) is 0 Å². The second-order valence-electron chi connectivity index (χ2n) is 3.42. The zero-order valence-electron chi connectivity index (χ0n) is 8.61. The highest BCUT2D eigenvalue weighted by molar-refractivity contribution is 6.16. The Kier molecular flexibility index (Phi) is 3.51. The Hall–Kier alpha value is -1.42. The Morgan fingerprint density at radius 2 is 2.12 bits per heavy atom. The molecule has 3 nitrogen and oxygen atoms in total. The lowest BCUT2D eigenvalue weighted by Crippen LogP contribution is -2.05. The maximum absolute atomic E-state index is 13.3. The molecular weight excluding hydrogens is 229 g/mol. The molecule has 0 aliphatic heterocycles. The molecule has 1 aromatic heterocycles. The van der Waals surface area contributed by atoms with Crippen LogP contribution in [0, 0.1) is 5.82 Å². The van der Waals surface area contributed by atoms with E-state index in [9.17, 15) is 4.39 Å². The van der Waals surface area contributed by atoms with Gasteiger partial charge in [-0.2, -0.15) is 0 Å². The highest BCUT2D eigenvalue weighted by Gasteiger charge is 2.04. The third-order valence-corrected chi connectivity index (χ3v) is 2.63. The van der Waals surface area contributed by atoms with Crippen LogP contribution in [0.1, 0.15) is 11.4 Å². The summed E-state index contributed by atoms with van der Waals surface area (Å²) in [6, 6.07) is 6.75. The van der Waals surface area contributed by atoms with E-state index in [2.05, 4.69) is 10.2 Å². The van der Waals surface area contributed by atoms with E-state index in [1.807, 2.05) is 10.6 Å². The van der Waals surface area contributed by atoms with E-state index in [4.69, 9.17) is 11.6 Å². The monoisotopic (exact) mass is 239 g/mol. The second kappa shape index (κ2) is 5.07. The molecule has 0 aliphatic rings. The van der Waals surface area contributed by atoms with Gasteiger partial charge in [0.2, 0.25) is 0 Å². The molecule has 84 valence electrons. The summed E-state index contributed by atoms with van der Waals surface area (Å²) in [5.74, 6) is 0.845. The van der Waals surface area contributed by atoms with Crippen molar-refractivity contribution in [3.63, 3.8) is 0 Å². The third kappa shape index (κ3) is 2.39. The Morgan fingerprint density at radius 3 is 2.88 bits per heavy atom. The molecule has 0 radical (unpaired) electrons. The van der Waals surface area contributed by atoms with Crippen LogP contribution in [-0.2, 0) is 18.8 Å². The summed E-state index contributed by atoms with van der Waals surface area (Å²) in [6.07, 6.45) is 2.22. The molecule has 2 rings (SSSR count). The van der Waals surface area contributed by atoms with Crippen molar-refractivity contribution in [3.8, 4) is 0 Å². The van der Waals surface area contributed by atoms with Gasteiger partial charge in [-0.15, -0.1) is 21.8 Å². The summed E-state index contributed by atoms with van der Waals surface area (Å²) >= 11 is 5.69. The summed E-state index contributed by atoms with van der Waals surface area (Å²) in [6.45, 7) is 0.635. The second-order valence-corrected chi connectivity index (χ2v) is 3.68. The standard InChI is InChI=1S/C11H11ClFN3/c12-7-11-15-14-8-16(11)6-5-9-3-1-2-4-10(9)13/h1-4,8H,5-7H2. The molecule has 5 heteroatoms. The normalized spacial score (nSPS) is 10.6. The van der Waals surface area contributed by atoms with Crippen LogP contribution in [-0.4, -0.2) is 14.8 Å². The zero-order chi connectivity index (χ0) is 11.4. The van der Waals surface area contributed by atoms with Crippen LogP contribution in [0.4, 0.5) is 4.39 Å². The number of halogens is 2. The molecular formula is C11H11ClFN3. The molecule has 0 atom stereocenters. The van der Waals surface area contributed by atoms with Gasteiger partial charge in [0, 0.05) is 6.54 Å². The first kappa shape index (κ1) is 11.1. The molecule has 0 N–H and O–H groups in total. The van der Waals surface area contributed by atoms with Crippen molar-refractivity contribution in [1.82, 2.24) is 14.8 Å². The van der Waals surface area contributed by atoms with Gasteiger partial charge in [-0.1, -0.05) is 18.2 Å². The molecule has 0 aliphatic carbocycles. The number of aromatic nitrogens is 3. The van der Waals surface area contributed by atoms with E-state index in [1.165, 1.54) is 6.07 Å². The molecule has 0 saturated carbocycles. The number of rotatable bonds is 4. The van der Waals surface area contributed by atoms with Gasteiger partial charge in [0.05, 0.1) is 5.88 Å². The van der Waals surface area contributed by atoms with E-state index < -0.39 is 0 Å². The third-order valence-electron chi connectivity index (χ3n) is 2.40. The minimum absolute atomic E-state index is 0.178. The van der Waals surface area contributed by atoms with Crippen molar-refractivity contribution in [3.05, 3.63) is 47.8 Å². The summed E-state index contributed by atoms with van der Waals surface area (Å²) in [5.41, 5.74) is 0.691. The summed E-state index contributed by atoms with van der Waals surface area (Å²) < 4.78 is 15.2. The number of nitrogens with zero attached hydrogens (tertiary/aromatic N) is 3. The SMILES string of the molecule is Fc1ccccc1CCn1cnnc1CCl. The van der Waals surface area contributed by atoms with Crippen molar-refractivity contribution in [2.24, 2.45) is 0 Å². The van der Waals surface area contributed by atoms with Gasteiger partial charge in [0.25, 0.3) is 0 Å². The Balaban J connectivity index is 2.05. The number of benzene rings is 1. The van der Waals surface area contributed by atoms with Crippen LogP contribution in [0.3, 0.4) is 0 Å². The number of aryl methyl sites for hydroxylation is 2. The van der Waals surface area contributed by atoms with Crippen molar-refractivity contribution >= 4 is 11.6 Å². The van der Waals surface area contributed by atoms with Crippen LogP contribution in [0.15, 0.2) is 30.6 Å². The van der Waals surface area contributed by atoms with Crippen LogP contribution >= 0.6 is 11.6 Å². The van der Waals surface area contributed by atoms with Crippen molar-refractivity contribution in [2.75, 3.05) is 0 Å². The van der Waals surface area contributed by atoms with Gasteiger partial charge in [0.15, 0.2) is 0 Å². The first-order chi connectivity index (χ1) is 7.81. The predicted octanol–water partition coefficient (Wildman–Crippen LogP) is 2.40. The molecule has 0 unspecified atom stereocenters. The topological polar surface area (TPSA) is 30.7 Å². The molecule has 16 heavy (non-hydrogen) atoms. The van der Waals surface area contributed by atoms with Gasteiger partial charge in [-0.3, -0.25) is 0 Å². The zero-order valence-corrected chi connectivity index (χ0v) is 9.36. The minimum Gasteiger partial charge on any atom is -0.316 e. The maximum atomic E-state index is 13.3. The summed E-state index contributed by atoms with van der Waals surface area (Å²) in [7, 11) is 0. The molecule has 0 bridgehead atoms. The first-order valence-corrected chi connectivity index (χ1v) is 5.51. The Morgan fingerprint density at radius 1 is 1.31 bits per heavy atom. The smallest absolute Gasteiger partial charge is 0.147 e. The van der Waals surface area contributed by atoms with Crippen LogP contribution in [0.5, 0.6) is 0 Å². The van der Waals surface area contributed by atoms with Crippen LogP contribution in [0.25, 0.3) is 0 Å². The quantitative estimate of drug-likeness (QED) is 0.767. The molecule has 0 amide bonds. The predicted molar refractivity (Wildman–Crippen MR) is 59.7 cm³/mol. The fourth-order valence-electron chi connectivity index (χ4n) is 1.51. The number of hydrogen-bond acceptors (Lipinski definition) is 2. The lowest BCUT2D eigenvalue weighted by Gasteiger charge is -2.05. The van der Waals surface area contributed by atoms with Gasteiger partial charge < -0.3 is 4.57 Å². The van der Waals surface area contributed by atoms with Crippen LogP contribution < -0.4 is 0 Å². The van der Waals surface area contributed by atoms with E-state index in [1.54, 1.807) is 18.5 Å². The highest BCUT2D eigenvalue weighted by Crippen LogP contribution is 2.09. The van der Waals surface area contributed by atoms with Gasteiger partial charge in [-0.05, 0) is 18.1 Å². The van der Waals surface area contributed by atoms with E-state index in [0.717, 1.165) is 0 Å². The Labute approximate surface area is 97.9 Å². The van der Waals surface area contributed by atoms with E-state index in [0.29, 0.717) is 30.2 Å². The largest absolute Gasteiger partial charge is 0.316 e. The van der Waals surface area contributed by atoms with Crippen molar-refractivity contribution in [2.45, 2.75) is 18.8 Å². The Bertz CT molecular complexity index is 470. The average Bonchev–Trinajstić information content (AvgIpc) is 2.75. The molecule has 0 saturated heterocycles. The highest BCUT2D eigenvalue weighted by atomic mass is 35.5. The molecule has 1 aromatic carbocycles. The summed E-state index contributed by atoms with van der Waals surface area (Å²) in [4.78, 5) is 0. The average molecular weight is 240 g/mol. The van der Waals surface area contributed by atoms with Gasteiger partial charge in [-0.25, -0.2) is 4.39 Å². The fraction of sp³-hybridized carbons (Fsp3) is 0.273. The van der Waals surface area contributed by atoms with Crippen LogP contribution in [0.2, 0.25) is 0 Å². The lowest BCUT2D eigenvalue weighted by molar-refractivity contribution is 0.589. The molecule has 1 heterocycles. The minimum atomic E-state index is -0.178. The first-order valence-electron chi connectivity index (χ1n) is 4.97.